The fourth-order valence-electron chi connectivity index (χ4n) is 12.2. The summed E-state index contributed by atoms with van der Waals surface area (Å²) in [7, 11) is 0. The third-order valence-electron chi connectivity index (χ3n) is 17.3. The molecule has 13 rings (SSSR count). The van der Waals surface area contributed by atoms with Crippen molar-refractivity contribution < 1.29 is 80.5 Å². The van der Waals surface area contributed by atoms with Crippen molar-refractivity contribution in [3.05, 3.63) is 139 Å². The van der Waals surface area contributed by atoms with E-state index in [0.29, 0.717) is 68.2 Å². The van der Waals surface area contributed by atoms with Gasteiger partial charge in [-0.25, -0.2) is 43.9 Å². The van der Waals surface area contributed by atoms with E-state index in [-0.39, 0.29) is 75.9 Å². The molecule has 38 heteroatoms. The van der Waals surface area contributed by atoms with Crippen LogP contribution in [0.2, 0.25) is 0 Å². The molecule has 3 fully saturated rings. The van der Waals surface area contributed by atoms with E-state index in [2.05, 4.69) is 45.5 Å². The van der Waals surface area contributed by atoms with Crippen LogP contribution in [0.15, 0.2) is 122 Å². The molecule has 4 aliphatic rings. The zero-order valence-corrected chi connectivity index (χ0v) is 59.8. The predicted octanol–water partition coefficient (Wildman–Crippen LogP) is 7.68. The summed E-state index contributed by atoms with van der Waals surface area (Å²) in [5, 5.41) is 36.1. The van der Waals surface area contributed by atoms with Gasteiger partial charge < -0.3 is 69.7 Å². The summed E-state index contributed by atoms with van der Waals surface area (Å²) in [6.07, 6.45) is -1.21. The molecule has 2 unspecified atom stereocenters. The minimum atomic E-state index is -4.52. The molecule has 2 bridgehead atoms. The van der Waals surface area contributed by atoms with Gasteiger partial charge >= 0.3 is 19.5 Å². The zero-order chi connectivity index (χ0) is 71.3. The second-order valence-electron chi connectivity index (χ2n) is 24.4. The van der Waals surface area contributed by atoms with Crippen LogP contribution >= 0.6 is 31.4 Å². The lowest BCUT2D eigenvalue weighted by atomic mass is 9.95. The van der Waals surface area contributed by atoms with Crippen molar-refractivity contribution in [2.45, 2.75) is 119 Å². The number of ether oxygens (including phenoxy) is 4. The molecule has 9 aromatic rings. The number of carbonyl (C=O) groups excluding carboxylic acids is 3. The number of nitrogens with zero attached hydrogens (tertiary/aromatic N) is 12. The fraction of sp³-hybridized carbons (Fsp3) is 0.391. The van der Waals surface area contributed by atoms with Gasteiger partial charge in [0, 0.05) is 42.9 Å². The second kappa shape index (κ2) is 31.8. The monoisotopic (exact) mass is 1510 g/mol. The van der Waals surface area contributed by atoms with Gasteiger partial charge in [0.15, 0.2) is 41.9 Å². The summed E-state index contributed by atoms with van der Waals surface area (Å²) in [4.78, 5) is 88.5. The number of amides is 2. The molecule has 3 saturated heterocycles. The number of aromatic nitrogens is 11. The van der Waals surface area contributed by atoms with E-state index in [1.54, 1.807) is 58.1 Å². The zero-order valence-electron chi connectivity index (χ0n) is 54.7. The molecule has 5 aromatic heterocycles. The quantitative estimate of drug-likeness (QED) is 0.0132. The van der Waals surface area contributed by atoms with E-state index >= 15 is 4.57 Å². The number of aliphatic hydroxyl groups excluding tert-OH is 2. The minimum Gasteiger partial charge on any atom is -0.492 e. The summed E-state index contributed by atoms with van der Waals surface area (Å²) < 4.78 is 74.1. The van der Waals surface area contributed by atoms with Crippen LogP contribution in [0, 0.1) is 0 Å². The molecular weight excluding hydrogens is 1440 g/mol. The standard InChI is InChI=1S/C64H72N15O17P3S3/c1-97(85,100)89-28-11-3-2-10-26-67-48(80)16-8-9-17-49(81)76-30-40-12-4-5-13-43(40)53-50(44-14-6-7-15-45(44)76)74-75-79(53)27-29-88-41-24-20-39(21-25-41)64(84)92-42-22-18-38(19-23-42)33-102-99(87)91-31-46-54(82)57(63(93-46)78-37-73-52-59(66)69-35-71-61(52)78)95-98(86,101)90-32-47-56(96-99)55(83)62(94-47)77-36-72-51-58(65)68-34-70-60(51)77/h4-7,12-15,18-25,34-37,46-47,54-57,62-63,82-83H,2-3,8-11,16-17,26-33H2,1H3,(H,67,80)(H,85,100)(H,86,101)(H2,65,68,70)(H2,66,69,71)/t46-,47-,54-,55-,56-,57-,62-,63-,97?,98?,99-/m1/s1. The van der Waals surface area contributed by atoms with E-state index in [1.807, 2.05) is 48.5 Å². The Morgan fingerprint density at radius 2 is 1.39 bits per heavy atom. The van der Waals surface area contributed by atoms with Crippen molar-refractivity contribution in [3.8, 4) is 34.0 Å². The van der Waals surface area contributed by atoms with Gasteiger partial charge in [-0.05, 0) is 114 Å². The van der Waals surface area contributed by atoms with E-state index in [9.17, 15) is 34.4 Å². The number of para-hydroxylation sites is 1. The summed E-state index contributed by atoms with van der Waals surface area (Å²) in [6, 6.07) is 28.3. The maximum absolute atomic E-state index is 15.3. The molecular formula is C64H72N15O17P3S3. The normalized spacial score (nSPS) is 24.0. The van der Waals surface area contributed by atoms with Crippen LogP contribution in [0.25, 0.3) is 44.8 Å². The largest absolute Gasteiger partial charge is 0.492 e. The number of esters is 1. The molecule has 2 amide bonds. The van der Waals surface area contributed by atoms with Crippen LogP contribution in [0.3, 0.4) is 0 Å². The first kappa shape index (κ1) is 72.7. The topological polar surface area (TPSA) is 417 Å². The Hall–Kier alpha value is -7.63. The second-order valence-corrected chi connectivity index (χ2v) is 35.1. The first-order chi connectivity index (χ1) is 49.2. The van der Waals surface area contributed by atoms with Gasteiger partial charge in [0.25, 0.3) is 0 Å². The van der Waals surface area contributed by atoms with Crippen LogP contribution in [0.4, 0.5) is 17.3 Å². The lowest BCUT2D eigenvalue weighted by Crippen LogP contribution is -2.36. The molecule has 538 valence electrons. The molecule has 9 heterocycles. The number of nitrogens with one attached hydrogen (secondary N) is 1. The Morgan fingerprint density at radius 3 is 2.13 bits per heavy atom. The molecule has 0 saturated carbocycles. The molecule has 4 aromatic carbocycles. The first-order valence-corrected chi connectivity index (χ1v) is 41.4. The summed E-state index contributed by atoms with van der Waals surface area (Å²) in [5.41, 5.74) is 18.4. The number of carbonyl (C=O) groups is 3. The van der Waals surface area contributed by atoms with Gasteiger partial charge in [-0.1, -0.05) is 72.7 Å². The number of imidazole rings is 2. The Bertz CT molecular complexity index is 4670. The van der Waals surface area contributed by atoms with Crippen molar-refractivity contribution in [1.82, 2.24) is 59.3 Å². The van der Waals surface area contributed by atoms with Crippen molar-refractivity contribution in [3.63, 3.8) is 0 Å². The maximum atomic E-state index is 15.3. The lowest BCUT2D eigenvalue weighted by molar-refractivity contribution is -0.122. The number of benzene rings is 4. The van der Waals surface area contributed by atoms with Crippen LogP contribution < -0.4 is 31.2 Å². The third kappa shape index (κ3) is 16.8. The molecule has 0 aliphatic carbocycles. The Kier molecular flexibility index (Phi) is 22.6. The summed E-state index contributed by atoms with van der Waals surface area (Å²) in [6.45, 7) is -9.38. The average molecular weight is 1510 g/mol. The van der Waals surface area contributed by atoms with Crippen molar-refractivity contribution in [1.29, 1.82) is 0 Å². The van der Waals surface area contributed by atoms with Crippen molar-refractivity contribution in [2.75, 3.05) is 56.0 Å². The lowest BCUT2D eigenvalue weighted by Gasteiger charge is -2.28. The van der Waals surface area contributed by atoms with Gasteiger partial charge in [0.1, 0.15) is 84.1 Å². The summed E-state index contributed by atoms with van der Waals surface area (Å²) >= 11 is 11.1. The van der Waals surface area contributed by atoms with E-state index < -0.39 is 88.3 Å². The van der Waals surface area contributed by atoms with Crippen LogP contribution in [0.1, 0.15) is 85.3 Å². The third-order valence-corrected chi connectivity index (χ3v) is 23.5. The molecule has 9 N–H and O–H groups in total. The number of nitrogens with two attached hydrogens (primary N) is 2. The minimum absolute atomic E-state index is 0.0365. The van der Waals surface area contributed by atoms with E-state index in [1.165, 1.54) is 41.1 Å². The first-order valence-electron chi connectivity index (χ1n) is 32.6. The highest BCUT2D eigenvalue weighted by Gasteiger charge is 2.54. The molecule has 4 aliphatic heterocycles. The van der Waals surface area contributed by atoms with Crippen LogP contribution in [0.5, 0.6) is 11.5 Å². The Labute approximate surface area is 597 Å². The van der Waals surface area contributed by atoms with Gasteiger partial charge in [0.05, 0.1) is 62.5 Å². The highest BCUT2D eigenvalue weighted by molar-refractivity contribution is 8.54. The van der Waals surface area contributed by atoms with Gasteiger partial charge in [-0.2, -0.15) is 0 Å². The smallest absolute Gasteiger partial charge is 0.389 e. The van der Waals surface area contributed by atoms with Gasteiger partial charge in [-0.15, -0.1) is 5.10 Å². The molecule has 102 heavy (non-hydrogen) atoms. The predicted molar refractivity (Wildman–Crippen MR) is 380 cm³/mol. The number of hydrogen-bond donors (Lipinski definition) is 7. The van der Waals surface area contributed by atoms with Crippen LogP contribution in [-0.4, -0.2) is 168 Å². The Morgan fingerprint density at radius 1 is 0.735 bits per heavy atom. The molecule has 0 spiro atoms. The Balaban J connectivity index is 0.629. The fourth-order valence-corrected chi connectivity index (χ4v) is 17.7. The number of hydrogen-bond acceptors (Lipinski definition) is 28. The number of rotatable bonds is 24. The highest BCUT2D eigenvalue weighted by atomic mass is 32.7. The summed E-state index contributed by atoms with van der Waals surface area (Å²) in [5.74, 6) is -0.0164. The number of anilines is 3. The number of unbranched alkanes of at least 4 members (excludes halogenated alkanes) is 4. The number of fused-ring (bicyclic) bond motifs is 10. The van der Waals surface area contributed by atoms with Crippen molar-refractivity contribution >= 4 is 112 Å². The SMILES string of the molecule is CP(O)(=S)OCCCCCCNC(=O)CCCCC(=O)N1Cc2ccccc2-c2c(nnn2CCOc2ccc(C(=O)Oc3ccc(CS[P@]4(=O)OC[C@H]5O[C@@H](n6cnc7c(N)ncnc76)[C@H](OP(O)(=S)OC[C@H]6O[C@@H](n7cnc8c(N)ncnc87)[C@H](O)[C@@H]6O4)[C@@H]5O)cc3)cc2)-c2ccccc21. The van der Waals surface area contributed by atoms with Gasteiger partial charge in [0.2, 0.25) is 11.8 Å². The number of aliphatic hydroxyl groups is 2. The average Bonchev–Trinajstić information content (AvgIpc) is 1.54. The maximum Gasteiger partial charge on any atom is 0.389 e. The number of nitrogen functional groups attached to an aromatic ring is 2. The molecule has 0 radical (unpaired) electrons. The molecule has 11 atom stereocenters. The van der Waals surface area contributed by atoms with E-state index in [0.717, 1.165) is 59.4 Å². The molecule has 32 nitrogen and oxygen atoms in total. The van der Waals surface area contributed by atoms with Gasteiger partial charge in [-0.3, -0.25) is 32.3 Å². The van der Waals surface area contributed by atoms with Crippen molar-refractivity contribution in [2.24, 2.45) is 0 Å². The highest BCUT2D eigenvalue weighted by Crippen LogP contribution is 2.65. The van der Waals surface area contributed by atoms with E-state index in [4.69, 9.17) is 76.6 Å². The van der Waals surface area contributed by atoms with Crippen LogP contribution in [-0.2, 0) is 88.7 Å².